The number of hydrogen-bond acceptors (Lipinski definition) is 4. The monoisotopic (exact) mass is 243 g/mol. The molecule has 2 rings (SSSR count). The van der Waals surface area contributed by atoms with Crippen molar-refractivity contribution in [1.82, 2.24) is 4.98 Å². The molecule has 0 spiro atoms. The van der Waals surface area contributed by atoms with Crippen LogP contribution in [0, 0.1) is 0 Å². The number of methoxy groups -OCH3 is 1. The lowest BCUT2D eigenvalue weighted by Gasteiger charge is -2.03. The minimum atomic E-state index is -0.259. The Kier molecular flexibility index (Phi) is 3.57. The maximum atomic E-state index is 11.1. The molecule has 0 bridgehead atoms. The number of hydrogen-bond donors (Lipinski definition) is 1. The molecule has 1 aromatic heterocycles. The Bertz CT molecular complexity index is 532. The predicted molar refractivity (Wildman–Crippen MR) is 67.1 cm³/mol. The summed E-state index contributed by atoms with van der Waals surface area (Å²) in [6.45, 7) is 0. The van der Waals surface area contributed by atoms with E-state index in [2.05, 4.69) is 9.72 Å². The van der Waals surface area contributed by atoms with E-state index in [1.54, 1.807) is 12.1 Å². The van der Waals surface area contributed by atoms with Gasteiger partial charge in [-0.05, 0) is 17.7 Å². The molecule has 0 fully saturated rings. The van der Waals surface area contributed by atoms with Crippen LogP contribution in [0.15, 0.2) is 42.6 Å². The lowest BCUT2D eigenvalue weighted by molar-refractivity contribution is -0.139. The van der Waals surface area contributed by atoms with Gasteiger partial charge in [0, 0.05) is 5.56 Å². The highest BCUT2D eigenvalue weighted by Gasteiger charge is 2.04. The van der Waals surface area contributed by atoms with Gasteiger partial charge in [-0.1, -0.05) is 24.3 Å². The Balaban J connectivity index is 2.17. The van der Waals surface area contributed by atoms with Crippen LogP contribution in [0.5, 0.6) is 5.75 Å². The second-order valence-corrected chi connectivity index (χ2v) is 3.85. The van der Waals surface area contributed by atoms with Crippen LogP contribution in [0.25, 0.3) is 11.3 Å². The van der Waals surface area contributed by atoms with Gasteiger partial charge in [0.25, 0.3) is 0 Å². The fourth-order valence-corrected chi connectivity index (χ4v) is 1.59. The Morgan fingerprint density at radius 2 is 1.94 bits per heavy atom. The zero-order valence-corrected chi connectivity index (χ0v) is 9.96. The van der Waals surface area contributed by atoms with Crippen LogP contribution in [0.2, 0.25) is 0 Å². The van der Waals surface area contributed by atoms with Crippen LogP contribution < -0.4 is 0 Å². The number of esters is 1. The molecule has 0 unspecified atom stereocenters. The number of aromatic nitrogens is 1. The molecule has 2 aromatic rings. The van der Waals surface area contributed by atoms with Crippen molar-refractivity contribution in [1.29, 1.82) is 0 Å². The number of rotatable bonds is 3. The zero-order chi connectivity index (χ0) is 13.0. The quantitative estimate of drug-likeness (QED) is 0.839. The van der Waals surface area contributed by atoms with Crippen LogP contribution in [-0.4, -0.2) is 23.2 Å². The van der Waals surface area contributed by atoms with Gasteiger partial charge in [-0.15, -0.1) is 0 Å². The maximum Gasteiger partial charge on any atom is 0.309 e. The number of carbonyl (C=O) groups excluding carboxylic acids is 1. The van der Waals surface area contributed by atoms with Crippen molar-refractivity contribution in [3.8, 4) is 17.0 Å². The van der Waals surface area contributed by atoms with E-state index in [0.29, 0.717) is 0 Å². The number of pyridine rings is 1. The Morgan fingerprint density at radius 3 is 2.50 bits per heavy atom. The van der Waals surface area contributed by atoms with Crippen molar-refractivity contribution < 1.29 is 14.6 Å². The van der Waals surface area contributed by atoms with Crippen LogP contribution in [0.4, 0.5) is 0 Å². The smallest absolute Gasteiger partial charge is 0.309 e. The standard InChI is InChI=1S/C14H13NO3/c1-18-14(17)8-10-2-4-11(5-3-10)13-7-6-12(16)9-15-13/h2-7,9,16H,8H2,1H3. The van der Waals surface area contributed by atoms with Gasteiger partial charge in [0.1, 0.15) is 5.75 Å². The van der Waals surface area contributed by atoms with Crippen LogP contribution in [0.1, 0.15) is 5.56 Å². The highest BCUT2D eigenvalue weighted by atomic mass is 16.5. The van der Waals surface area contributed by atoms with E-state index in [-0.39, 0.29) is 18.1 Å². The summed E-state index contributed by atoms with van der Waals surface area (Å²) < 4.78 is 4.60. The van der Waals surface area contributed by atoms with Gasteiger partial charge in [0.05, 0.1) is 25.4 Å². The van der Waals surface area contributed by atoms with E-state index in [1.165, 1.54) is 13.3 Å². The van der Waals surface area contributed by atoms with Gasteiger partial charge in [-0.25, -0.2) is 0 Å². The molecule has 0 aliphatic rings. The molecular weight excluding hydrogens is 230 g/mol. The summed E-state index contributed by atoms with van der Waals surface area (Å²) in [5.41, 5.74) is 2.60. The largest absolute Gasteiger partial charge is 0.506 e. The van der Waals surface area contributed by atoms with Crippen molar-refractivity contribution in [2.24, 2.45) is 0 Å². The normalized spacial score (nSPS) is 10.1. The summed E-state index contributed by atoms with van der Waals surface area (Å²) in [6.07, 6.45) is 1.66. The molecule has 4 nitrogen and oxygen atoms in total. The first-order chi connectivity index (χ1) is 8.69. The first kappa shape index (κ1) is 12.1. The first-order valence-electron chi connectivity index (χ1n) is 5.50. The second kappa shape index (κ2) is 5.31. The van der Waals surface area contributed by atoms with E-state index < -0.39 is 0 Å². The van der Waals surface area contributed by atoms with E-state index in [4.69, 9.17) is 5.11 Å². The lowest BCUT2D eigenvalue weighted by Crippen LogP contribution is -2.04. The highest BCUT2D eigenvalue weighted by molar-refractivity contribution is 5.72. The number of nitrogens with zero attached hydrogens (tertiary/aromatic N) is 1. The molecule has 0 aliphatic carbocycles. The Hall–Kier alpha value is -2.36. The van der Waals surface area contributed by atoms with Crippen LogP contribution in [0.3, 0.4) is 0 Å². The average molecular weight is 243 g/mol. The fourth-order valence-electron chi connectivity index (χ4n) is 1.59. The molecule has 1 heterocycles. The van der Waals surface area contributed by atoms with Crippen molar-refractivity contribution in [3.63, 3.8) is 0 Å². The van der Waals surface area contributed by atoms with E-state index in [0.717, 1.165) is 16.8 Å². The number of carbonyl (C=O) groups is 1. The van der Waals surface area contributed by atoms with Gasteiger partial charge in [0.2, 0.25) is 0 Å². The predicted octanol–water partition coefficient (Wildman–Crippen LogP) is 2.17. The van der Waals surface area contributed by atoms with Gasteiger partial charge in [0.15, 0.2) is 0 Å². The Labute approximate surface area is 105 Å². The van der Waals surface area contributed by atoms with Crippen molar-refractivity contribution in [2.75, 3.05) is 7.11 Å². The molecule has 0 saturated carbocycles. The molecule has 4 heteroatoms. The Morgan fingerprint density at radius 1 is 1.22 bits per heavy atom. The third-order valence-electron chi connectivity index (χ3n) is 2.57. The summed E-state index contributed by atoms with van der Waals surface area (Å²) in [7, 11) is 1.37. The zero-order valence-electron chi connectivity index (χ0n) is 9.96. The third-order valence-corrected chi connectivity index (χ3v) is 2.57. The van der Waals surface area contributed by atoms with Crippen molar-refractivity contribution in [3.05, 3.63) is 48.2 Å². The fraction of sp³-hybridized carbons (Fsp3) is 0.143. The number of aromatic hydroxyl groups is 1. The minimum absolute atomic E-state index is 0.140. The average Bonchev–Trinajstić information content (AvgIpc) is 2.40. The SMILES string of the molecule is COC(=O)Cc1ccc(-c2ccc(O)cn2)cc1. The summed E-state index contributed by atoms with van der Waals surface area (Å²) in [5, 5.41) is 9.16. The van der Waals surface area contributed by atoms with E-state index in [1.807, 2.05) is 24.3 Å². The summed E-state index contributed by atoms with van der Waals surface area (Å²) >= 11 is 0. The molecule has 1 N–H and O–H groups in total. The molecular formula is C14H13NO3. The number of ether oxygens (including phenoxy) is 1. The van der Waals surface area contributed by atoms with Gasteiger partial charge < -0.3 is 9.84 Å². The lowest BCUT2D eigenvalue weighted by atomic mass is 10.1. The minimum Gasteiger partial charge on any atom is -0.506 e. The van der Waals surface area contributed by atoms with E-state index >= 15 is 0 Å². The second-order valence-electron chi connectivity index (χ2n) is 3.85. The van der Waals surface area contributed by atoms with Gasteiger partial charge >= 0.3 is 5.97 Å². The molecule has 18 heavy (non-hydrogen) atoms. The number of benzene rings is 1. The van der Waals surface area contributed by atoms with Gasteiger partial charge in [-0.2, -0.15) is 0 Å². The molecule has 0 atom stereocenters. The summed E-state index contributed by atoms with van der Waals surface area (Å²) in [4.78, 5) is 15.2. The molecule has 0 amide bonds. The molecule has 0 aliphatic heterocycles. The van der Waals surface area contributed by atoms with Gasteiger partial charge in [-0.3, -0.25) is 9.78 Å². The van der Waals surface area contributed by atoms with Crippen LogP contribution in [-0.2, 0) is 16.0 Å². The van der Waals surface area contributed by atoms with Crippen LogP contribution >= 0.6 is 0 Å². The summed E-state index contributed by atoms with van der Waals surface area (Å²) in [6, 6.07) is 10.8. The molecule has 0 radical (unpaired) electrons. The molecule has 1 aromatic carbocycles. The van der Waals surface area contributed by atoms with E-state index in [9.17, 15) is 4.79 Å². The topological polar surface area (TPSA) is 59.4 Å². The summed E-state index contributed by atoms with van der Waals surface area (Å²) in [5.74, 6) is -0.119. The molecule has 0 saturated heterocycles. The third kappa shape index (κ3) is 2.85. The van der Waals surface area contributed by atoms with Crippen molar-refractivity contribution >= 4 is 5.97 Å². The maximum absolute atomic E-state index is 11.1. The first-order valence-corrected chi connectivity index (χ1v) is 5.50. The molecule has 92 valence electrons. The van der Waals surface area contributed by atoms with Crippen molar-refractivity contribution in [2.45, 2.75) is 6.42 Å². The highest BCUT2D eigenvalue weighted by Crippen LogP contribution is 2.19.